The third-order valence-corrected chi connectivity index (χ3v) is 4.55. The summed E-state index contributed by atoms with van der Waals surface area (Å²) in [5.74, 6) is 4.31. The van der Waals surface area contributed by atoms with Crippen molar-refractivity contribution < 1.29 is 12.8 Å². The van der Waals surface area contributed by atoms with Crippen molar-refractivity contribution in [1.29, 1.82) is 0 Å². The van der Waals surface area contributed by atoms with Crippen LogP contribution in [0.4, 0.5) is 0 Å². The van der Waals surface area contributed by atoms with Crippen molar-refractivity contribution in [2.24, 2.45) is 0 Å². The highest BCUT2D eigenvalue weighted by molar-refractivity contribution is 7.99. The van der Waals surface area contributed by atoms with Crippen LogP contribution in [-0.2, 0) is 16.6 Å². The Morgan fingerprint density at radius 1 is 1.40 bits per heavy atom. The molecule has 1 aromatic rings. The van der Waals surface area contributed by atoms with Gasteiger partial charge in [-0.3, -0.25) is 0 Å². The molecule has 0 aliphatic heterocycles. The van der Waals surface area contributed by atoms with E-state index in [2.05, 4.69) is 22.9 Å². The van der Waals surface area contributed by atoms with E-state index in [1.54, 1.807) is 6.07 Å². The fraction of sp³-hybridized carbons (Fsp3) is 0.538. The molecule has 0 saturated heterocycles. The number of nitrogens with one attached hydrogen (secondary N) is 2. The van der Waals surface area contributed by atoms with E-state index in [-0.39, 0.29) is 5.09 Å². The average molecular weight is 316 g/mol. The van der Waals surface area contributed by atoms with Crippen LogP contribution in [0.3, 0.4) is 0 Å². The molecule has 7 heteroatoms. The SMILES string of the molecule is C#CCSCCNS(=O)(=O)c1ccc(CNCCC)o1. The van der Waals surface area contributed by atoms with Gasteiger partial charge < -0.3 is 9.73 Å². The first-order valence-corrected chi connectivity index (χ1v) is 9.04. The van der Waals surface area contributed by atoms with Gasteiger partial charge in [-0.05, 0) is 25.1 Å². The van der Waals surface area contributed by atoms with Crippen molar-refractivity contribution in [2.75, 3.05) is 24.6 Å². The fourth-order valence-corrected chi connectivity index (χ4v) is 3.05. The molecule has 0 aliphatic carbocycles. The van der Waals surface area contributed by atoms with Gasteiger partial charge in [0.05, 0.1) is 12.3 Å². The van der Waals surface area contributed by atoms with Crippen molar-refractivity contribution in [3.63, 3.8) is 0 Å². The maximum atomic E-state index is 11.9. The zero-order valence-electron chi connectivity index (χ0n) is 11.5. The number of sulfonamides is 1. The summed E-state index contributed by atoms with van der Waals surface area (Å²) in [6, 6.07) is 3.14. The molecular weight excluding hydrogens is 296 g/mol. The van der Waals surface area contributed by atoms with Crippen LogP contribution in [0.2, 0.25) is 0 Å². The highest BCUT2D eigenvalue weighted by Gasteiger charge is 2.17. The van der Waals surface area contributed by atoms with Crippen molar-refractivity contribution in [1.82, 2.24) is 10.0 Å². The van der Waals surface area contributed by atoms with E-state index in [0.717, 1.165) is 13.0 Å². The Hall–Kier alpha value is -0.940. The number of hydrogen-bond acceptors (Lipinski definition) is 5. The van der Waals surface area contributed by atoms with E-state index in [0.29, 0.717) is 30.4 Å². The van der Waals surface area contributed by atoms with Gasteiger partial charge in [0.2, 0.25) is 5.09 Å². The van der Waals surface area contributed by atoms with Gasteiger partial charge in [-0.1, -0.05) is 12.8 Å². The summed E-state index contributed by atoms with van der Waals surface area (Å²) in [4.78, 5) is 0. The molecule has 20 heavy (non-hydrogen) atoms. The summed E-state index contributed by atoms with van der Waals surface area (Å²) >= 11 is 1.50. The van der Waals surface area contributed by atoms with Gasteiger partial charge in [-0.2, -0.15) is 0 Å². The van der Waals surface area contributed by atoms with E-state index in [9.17, 15) is 8.42 Å². The van der Waals surface area contributed by atoms with E-state index >= 15 is 0 Å². The second-order valence-corrected chi connectivity index (χ2v) is 6.86. The normalized spacial score (nSPS) is 11.4. The summed E-state index contributed by atoms with van der Waals surface area (Å²) in [5, 5.41) is 3.10. The van der Waals surface area contributed by atoms with Crippen LogP contribution in [0.1, 0.15) is 19.1 Å². The molecule has 5 nitrogen and oxygen atoms in total. The molecule has 1 aromatic heterocycles. The second-order valence-electron chi connectivity index (χ2n) is 4.05. The van der Waals surface area contributed by atoms with Crippen LogP contribution in [0.25, 0.3) is 0 Å². The molecule has 0 fully saturated rings. The Morgan fingerprint density at radius 2 is 2.20 bits per heavy atom. The number of rotatable bonds is 10. The van der Waals surface area contributed by atoms with Gasteiger partial charge in [0, 0.05) is 12.3 Å². The van der Waals surface area contributed by atoms with E-state index < -0.39 is 10.0 Å². The summed E-state index contributed by atoms with van der Waals surface area (Å²) in [5.41, 5.74) is 0. The molecule has 0 bridgehead atoms. The zero-order chi connectivity index (χ0) is 14.8. The van der Waals surface area contributed by atoms with Gasteiger partial charge in [0.15, 0.2) is 0 Å². The summed E-state index contributed by atoms with van der Waals surface area (Å²) in [6.45, 7) is 3.79. The first-order valence-electron chi connectivity index (χ1n) is 6.40. The number of terminal acetylenes is 1. The van der Waals surface area contributed by atoms with Gasteiger partial charge in [0.25, 0.3) is 10.0 Å². The molecule has 0 atom stereocenters. The molecule has 0 unspecified atom stereocenters. The Kier molecular flexibility index (Phi) is 7.77. The summed E-state index contributed by atoms with van der Waals surface area (Å²) in [6.07, 6.45) is 6.13. The summed E-state index contributed by atoms with van der Waals surface area (Å²) in [7, 11) is -3.57. The van der Waals surface area contributed by atoms with Crippen molar-refractivity contribution in [2.45, 2.75) is 25.0 Å². The highest BCUT2D eigenvalue weighted by atomic mass is 32.2. The quantitative estimate of drug-likeness (QED) is 0.505. The molecule has 1 heterocycles. The van der Waals surface area contributed by atoms with E-state index in [1.807, 2.05) is 0 Å². The molecule has 0 radical (unpaired) electrons. The van der Waals surface area contributed by atoms with Gasteiger partial charge in [0.1, 0.15) is 5.76 Å². The molecular formula is C13H20N2O3S2. The fourth-order valence-electron chi connectivity index (χ4n) is 1.44. The van der Waals surface area contributed by atoms with Crippen LogP contribution in [-0.4, -0.2) is 33.0 Å². The predicted octanol–water partition coefficient (Wildman–Crippen LogP) is 1.42. The maximum absolute atomic E-state index is 11.9. The first kappa shape index (κ1) is 17.1. The standard InChI is InChI=1S/C13H20N2O3S2/c1-3-7-14-11-12-5-6-13(18-12)20(16,17)15-8-10-19-9-4-2/h2,5-6,14-15H,3,7-11H2,1H3. The lowest BCUT2D eigenvalue weighted by atomic mass is 10.4. The molecule has 1 rings (SSSR count). The largest absolute Gasteiger partial charge is 0.447 e. The lowest BCUT2D eigenvalue weighted by Crippen LogP contribution is -2.25. The van der Waals surface area contributed by atoms with Crippen molar-refractivity contribution in [3.8, 4) is 12.3 Å². The lowest BCUT2D eigenvalue weighted by Gasteiger charge is -2.03. The molecule has 0 saturated carbocycles. The molecule has 0 aromatic carbocycles. The number of thioether (sulfide) groups is 1. The lowest BCUT2D eigenvalue weighted by molar-refractivity contribution is 0.400. The predicted molar refractivity (Wildman–Crippen MR) is 82.1 cm³/mol. The number of hydrogen-bond donors (Lipinski definition) is 2. The maximum Gasteiger partial charge on any atom is 0.273 e. The summed E-state index contributed by atoms with van der Waals surface area (Å²) < 4.78 is 31.7. The van der Waals surface area contributed by atoms with Crippen molar-refractivity contribution in [3.05, 3.63) is 17.9 Å². The van der Waals surface area contributed by atoms with Gasteiger partial charge in [-0.15, -0.1) is 18.2 Å². The topological polar surface area (TPSA) is 71.3 Å². The van der Waals surface area contributed by atoms with Crippen LogP contribution in [0, 0.1) is 12.3 Å². The molecule has 0 spiro atoms. The molecule has 2 N–H and O–H groups in total. The van der Waals surface area contributed by atoms with Gasteiger partial charge in [-0.25, -0.2) is 13.1 Å². The van der Waals surface area contributed by atoms with Crippen LogP contribution in [0.5, 0.6) is 0 Å². The average Bonchev–Trinajstić information content (AvgIpc) is 2.88. The molecule has 112 valence electrons. The second kappa shape index (κ2) is 9.08. The van der Waals surface area contributed by atoms with E-state index in [4.69, 9.17) is 10.8 Å². The minimum Gasteiger partial charge on any atom is -0.447 e. The Bertz CT molecular complexity index is 532. The van der Waals surface area contributed by atoms with Crippen molar-refractivity contribution >= 4 is 21.8 Å². The number of furan rings is 1. The first-order chi connectivity index (χ1) is 9.60. The monoisotopic (exact) mass is 316 g/mol. The van der Waals surface area contributed by atoms with Crippen LogP contribution >= 0.6 is 11.8 Å². The Balaban J connectivity index is 2.45. The van der Waals surface area contributed by atoms with E-state index in [1.165, 1.54) is 17.8 Å². The Morgan fingerprint density at radius 3 is 2.90 bits per heavy atom. The van der Waals surface area contributed by atoms with Gasteiger partial charge >= 0.3 is 0 Å². The third-order valence-electron chi connectivity index (χ3n) is 2.35. The minimum atomic E-state index is -3.57. The highest BCUT2D eigenvalue weighted by Crippen LogP contribution is 2.13. The minimum absolute atomic E-state index is 0.0484. The van der Waals surface area contributed by atoms with Crippen LogP contribution < -0.4 is 10.0 Å². The molecule has 0 aliphatic rings. The smallest absolute Gasteiger partial charge is 0.273 e. The third kappa shape index (κ3) is 6.01. The Labute approximate surface area is 124 Å². The molecule has 0 amide bonds. The zero-order valence-corrected chi connectivity index (χ0v) is 13.1. The van der Waals surface area contributed by atoms with Crippen LogP contribution in [0.15, 0.2) is 21.6 Å².